The molecule has 28 nitrogen and oxygen atoms in total. The largest absolute Gasteiger partial charge is 0.470 e. The summed E-state index contributed by atoms with van der Waals surface area (Å²) in [4.78, 5) is 77.3. The van der Waals surface area contributed by atoms with Crippen molar-refractivity contribution < 1.29 is 9.47 Å². The molecule has 12 rings (SSSR count). The van der Waals surface area contributed by atoms with E-state index in [0.29, 0.717) is 28.6 Å². The number of hydrogen-bond donors (Lipinski definition) is 2. The SMILES string of the molecule is Cc1nc(CC(C)(C)C)c2ncn(C)c2n1.Cc1nc(NC(C)(C)C)c2ncn(C)c2n1.Cc1nc(OC(C)(C)C)c2ncn(C)c2n1.Cn1cnc2c(CC(C)(C)C)ncnc21.Cn1cnc2c(NC(C)(C)C)ncnc21.Cn1cnc2c(OC(C)(C)C)ncnc21. The first-order valence-corrected chi connectivity index (χ1v) is 30.8. The van der Waals surface area contributed by atoms with E-state index in [9.17, 15) is 0 Å². The van der Waals surface area contributed by atoms with Crippen molar-refractivity contribution in [3.05, 3.63) is 85.8 Å². The van der Waals surface area contributed by atoms with Crippen LogP contribution in [0.25, 0.3) is 67.0 Å². The highest BCUT2D eigenvalue weighted by atomic mass is 16.5. The first-order valence-electron chi connectivity index (χ1n) is 30.8. The van der Waals surface area contributed by atoms with Crippen LogP contribution in [0.5, 0.6) is 11.8 Å². The summed E-state index contributed by atoms with van der Waals surface area (Å²) in [6, 6.07) is 0. The lowest BCUT2D eigenvalue weighted by Gasteiger charge is -2.21. The van der Waals surface area contributed by atoms with Crippen molar-refractivity contribution in [2.24, 2.45) is 53.1 Å². The lowest BCUT2D eigenvalue weighted by atomic mass is 9.90. The van der Waals surface area contributed by atoms with E-state index in [-0.39, 0.29) is 33.1 Å². The summed E-state index contributed by atoms with van der Waals surface area (Å²) >= 11 is 0. The number of ether oxygens (including phenoxy) is 2. The first kappa shape index (κ1) is 70.9. The number of hydrogen-bond acceptors (Lipinski definition) is 22. The second-order valence-electron chi connectivity index (χ2n) is 29.5. The molecule has 0 saturated heterocycles. The molecule has 498 valence electrons. The fraction of sp³-hybridized carbons (Fsp3) is 0.538. The summed E-state index contributed by atoms with van der Waals surface area (Å²) < 4.78 is 22.8. The van der Waals surface area contributed by atoms with E-state index < -0.39 is 0 Å². The number of anilines is 2. The average Bonchev–Trinajstić information content (AvgIpc) is 1.76. The Labute approximate surface area is 544 Å². The Bertz CT molecular complexity index is 4030. The van der Waals surface area contributed by atoms with Crippen molar-refractivity contribution >= 4 is 78.6 Å². The lowest BCUT2D eigenvalue weighted by molar-refractivity contribution is 0.125. The van der Waals surface area contributed by atoms with Gasteiger partial charge in [0.15, 0.2) is 56.6 Å². The first-order chi connectivity index (χ1) is 43.0. The minimum Gasteiger partial charge on any atom is -0.470 e. The summed E-state index contributed by atoms with van der Waals surface area (Å²) in [6.07, 6.45) is 17.0. The number of rotatable bonds is 6. The fourth-order valence-corrected chi connectivity index (χ4v) is 9.12. The molecule has 12 aromatic heterocycles. The van der Waals surface area contributed by atoms with Crippen molar-refractivity contribution in [3.8, 4) is 11.8 Å². The zero-order chi connectivity index (χ0) is 68.9. The minimum atomic E-state index is -0.286. The van der Waals surface area contributed by atoms with Crippen LogP contribution in [-0.4, -0.2) is 139 Å². The van der Waals surface area contributed by atoms with Crippen LogP contribution < -0.4 is 20.1 Å². The molecule has 2 N–H and O–H groups in total. The second kappa shape index (κ2) is 27.8. The van der Waals surface area contributed by atoms with Crippen molar-refractivity contribution in [1.82, 2.24) is 117 Å². The Morgan fingerprint density at radius 3 is 1.11 bits per heavy atom. The van der Waals surface area contributed by atoms with Crippen LogP contribution in [-0.2, 0) is 55.1 Å². The van der Waals surface area contributed by atoms with E-state index in [0.717, 1.165) is 103 Å². The van der Waals surface area contributed by atoms with E-state index >= 15 is 0 Å². The van der Waals surface area contributed by atoms with E-state index in [1.807, 2.05) is 132 Å². The van der Waals surface area contributed by atoms with E-state index in [1.165, 1.54) is 6.33 Å². The number of aryl methyl sites for hydroxylation is 9. The van der Waals surface area contributed by atoms with Gasteiger partial charge < -0.3 is 47.5 Å². The Morgan fingerprint density at radius 1 is 0.312 bits per heavy atom. The highest BCUT2D eigenvalue weighted by Gasteiger charge is 2.23. The quantitative estimate of drug-likeness (QED) is 0.156. The van der Waals surface area contributed by atoms with Gasteiger partial charge in [-0.3, -0.25) is 0 Å². The van der Waals surface area contributed by atoms with Crippen LogP contribution >= 0.6 is 0 Å². The van der Waals surface area contributed by atoms with Crippen LogP contribution in [0, 0.1) is 31.6 Å². The van der Waals surface area contributed by atoms with Gasteiger partial charge in [-0.05, 0) is 128 Å². The zero-order valence-electron chi connectivity index (χ0n) is 59.7. The predicted octanol–water partition coefficient (Wildman–Crippen LogP) is 11.1. The molecule has 12 aromatic rings. The van der Waals surface area contributed by atoms with Gasteiger partial charge >= 0.3 is 0 Å². The molecule has 0 aliphatic heterocycles. The Balaban J connectivity index is 0.000000158. The standard InChI is InChI=1S/C12H18N4.C11H17N5.C11H16N4O.C11H16N4.C10H15N5.C10H14N4O/c1-8-14-9(6-12(2,3)4)10-11(15-8)16(5)7-13-10;1-7-13-9(15-11(2,3)4)8-10(14-7)16(5)6-12-8;1-7-13-9-8(12-6-15(9)5)10(14-7)16-11(2,3)4;1-11(2,3)5-8-9-10(13-6-12-8)15(4)7-14-9;1-10(2,3)14-8-7-9(12-5-11-8)15(4)6-13-7;1-10(2,3)15-9-7-8(11-5-12-9)14(4)6-13-7/h7H,6H2,1-5H3;6H,1-5H3,(H,13,14,15);6H,1-5H3;6-7H,5H2,1-4H3;5-6H,1-4H3,(H,11,12,14);5-6H,1-4H3. The molecule has 12 heterocycles. The third-order valence-electron chi connectivity index (χ3n) is 12.8. The van der Waals surface area contributed by atoms with Gasteiger partial charge in [0.1, 0.15) is 69.7 Å². The van der Waals surface area contributed by atoms with Gasteiger partial charge in [0.25, 0.3) is 0 Å². The van der Waals surface area contributed by atoms with Crippen LogP contribution in [0.1, 0.15) is 153 Å². The normalized spacial score (nSPS) is 12.1. The summed E-state index contributed by atoms with van der Waals surface area (Å²) in [5.41, 5.74) is 11.9. The molecule has 0 saturated carbocycles. The summed E-state index contributed by atoms with van der Waals surface area (Å²) in [5, 5.41) is 6.66. The van der Waals surface area contributed by atoms with Crippen LogP contribution in [0.3, 0.4) is 0 Å². The third kappa shape index (κ3) is 19.8. The van der Waals surface area contributed by atoms with Crippen LogP contribution in [0.4, 0.5) is 11.6 Å². The summed E-state index contributed by atoms with van der Waals surface area (Å²) in [5.74, 6) is 4.93. The van der Waals surface area contributed by atoms with E-state index in [1.54, 1.807) is 50.6 Å². The highest BCUT2D eigenvalue weighted by Crippen LogP contribution is 2.28. The average molecular weight is 1270 g/mol. The molecule has 0 aliphatic rings. The molecule has 0 aromatic carbocycles. The van der Waals surface area contributed by atoms with Gasteiger partial charge in [-0.25, -0.2) is 79.7 Å². The summed E-state index contributed by atoms with van der Waals surface area (Å²) in [7, 11) is 11.6. The Hall–Kier alpha value is -9.50. The maximum absolute atomic E-state index is 5.78. The molecule has 93 heavy (non-hydrogen) atoms. The second-order valence-corrected chi connectivity index (χ2v) is 29.5. The minimum absolute atomic E-state index is 0.0290. The molecular formula is C65H96N26O2. The number of nitrogens with zero attached hydrogens (tertiary/aromatic N) is 24. The van der Waals surface area contributed by atoms with Crippen molar-refractivity contribution in [3.63, 3.8) is 0 Å². The molecule has 0 amide bonds. The summed E-state index contributed by atoms with van der Waals surface area (Å²) in [6.45, 7) is 43.3. The molecule has 28 heteroatoms. The zero-order valence-corrected chi connectivity index (χ0v) is 59.7. The smallest absolute Gasteiger partial charge is 0.246 e. The van der Waals surface area contributed by atoms with Gasteiger partial charge in [-0.15, -0.1) is 0 Å². The molecule has 0 fully saturated rings. The number of imidazole rings is 6. The van der Waals surface area contributed by atoms with Gasteiger partial charge in [0.2, 0.25) is 11.8 Å². The fourth-order valence-electron chi connectivity index (χ4n) is 9.12. The predicted molar refractivity (Wildman–Crippen MR) is 366 cm³/mol. The molecule has 0 spiro atoms. The van der Waals surface area contributed by atoms with Crippen LogP contribution in [0.2, 0.25) is 0 Å². The molecule has 0 atom stereocenters. The molecule has 0 bridgehead atoms. The molecule has 0 unspecified atom stereocenters. The van der Waals surface area contributed by atoms with Gasteiger partial charge in [-0.2, -0.15) is 9.97 Å². The highest BCUT2D eigenvalue weighted by molar-refractivity contribution is 5.84. The van der Waals surface area contributed by atoms with Gasteiger partial charge in [-0.1, -0.05) is 41.5 Å². The van der Waals surface area contributed by atoms with E-state index in [4.69, 9.17) is 9.47 Å². The van der Waals surface area contributed by atoms with Crippen molar-refractivity contribution in [2.45, 2.75) is 181 Å². The molecular weight excluding hydrogens is 1180 g/mol. The van der Waals surface area contributed by atoms with E-state index in [2.05, 4.69) is 183 Å². The Morgan fingerprint density at radius 2 is 0.634 bits per heavy atom. The molecule has 0 aliphatic carbocycles. The van der Waals surface area contributed by atoms with Gasteiger partial charge in [0.05, 0.1) is 49.4 Å². The number of nitrogens with one attached hydrogen (secondary N) is 2. The van der Waals surface area contributed by atoms with Crippen LogP contribution in [0.15, 0.2) is 56.9 Å². The topological polar surface area (TPSA) is 304 Å². The monoisotopic (exact) mass is 1270 g/mol. The lowest BCUT2D eigenvalue weighted by Crippen LogP contribution is -2.27. The van der Waals surface area contributed by atoms with Gasteiger partial charge in [0, 0.05) is 53.4 Å². The van der Waals surface area contributed by atoms with Crippen molar-refractivity contribution in [2.75, 3.05) is 10.6 Å². The maximum atomic E-state index is 5.78. The Kier molecular flexibility index (Phi) is 21.2. The molecule has 0 radical (unpaired) electrons. The third-order valence-corrected chi connectivity index (χ3v) is 12.8. The maximum Gasteiger partial charge on any atom is 0.246 e. The number of fused-ring (bicyclic) bond motifs is 6. The number of aromatic nitrogens is 24. The van der Waals surface area contributed by atoms with Crippen molar-refractivity contribution in [1.29, 1.82) is 0 Å².